The molecule has 0 amide bonds. The molecule has 0 aromatic heterocycles. The van der Waals surface area contributed by atoms with Gasteiger partial charge in [0, 0.05) is 0 Å². The normalized spacial score (nSPS) is 56.5. The molecule has 3 aliphatic carbocycles. The molecule has 0 saturated heterocycles. The fourth-order valence-electron chi connectivity index (χ4n) is 9.27. The SMILES string of the molecule is CCC1C2CC3(C)C2C(C)(C)C(C(C)(C)C)(C1C)C3C. The maximum Gasteiger partial charge on any atom is -0.0135 e. The van der Waals surface area contributed by atoms with Crippen molar-refractivity contribution in [3.8, 4) is 0 Å². The Morgan fingerprint density at radius 1 is 1.05 bits per heavy atom. The van der Waals surface area contributed by atoms with E-state index in [2.05, 4.69) is 62.3 Å². The van der Waals surface area contributed by atoms with Crippen molar-refractivity contribution >= 4 is 0 Å². The largest absolute Gasteiger partial charge is 0.0651 e. The van der Waals surface area contributed by atoms with Crippen molar-refractivity contribution in [1.29, 1.82) is 0 Å². The van der Waals surface area contributed by atoms with E-state index in [0.717, 1.165) is 29.6 Å². The summed E-state index contributed by atoms with van der Waals surface area (Å²) in [5.41, 5.74) is 1.99. The lowest BCUT2D eigenvalue weighted by molar-refractivity contribution is -0.189. The number of fused-ring (bicyclic) bond motifs is 1. The van der Waals surface area contributed by atoms with Gasteiger partial charge in [0.25, 0.3) is 0 Å². The highest BCUT2D eigenvalue weighted by Crippen LogP contribution is 2.86. The van der Waals surface area contributed by atoms with Crippen LogP contribution in [0.1, 0.15) is 75.2 Å². The average molecular weight is 277 g/mol. The lowest BCUT2D eigenvalue weighted by atomic mass is 9.38. The van der Waals surface area contributed by atoms with Crippen LogP contribution in [-0.4, -0.2) is 0 Å². The monoisotopic (exact) mass is 276 g/mol. The summed E-state index contributed by atoms with van der Waals surface area (Å²) in [6.45, 7) is 23.1. The minimum Gasteiger partial charge on any atom is -0.0651 e. The predicted molar refractivity (Wildman–Crippen MR) is 87.5 cm³/mol. The van der Waals surface area contributed by atoms with Crippen LogP contribution in [0, 0.1) is 51.2 Å². The molecule has 3 fully saturated rings. The molecule has 0 nitrogen and oxygen atoms in total. The third kappa shape index (κ3) is 1.16. The first-order chi connectivity index (χ1) is 8.98. The number of rotatable bonds is 1. The summed E-state index contributed by atoms with van der Waals surface area (Å²) in [4.78, 5) is 0. The van der Waals surface area contributed by atoms with Crippen LogP contribution in [-0.2, 0) is 0 Å². The Morgan fingerprint density at radius 2 is 1.60 bits per heavy atom. The maximum atomic E-state index is 2.62. The van der Waals surface area contributed by atoms with E-state index in [1.165, 1.54) is 12.8 Å². The van der Waals surface area contributed by atoms with Gasteiger partial charge in [-0.3, -0.25) is 0 Å². The quantitative estimate of drug-likeness (QED) is 0.550. The molecule has 3 rings (SSSR count). The van der Waals surface area contributed by atoms with Crippen LogP contribution in [0.4, 0.5) is 0 Å². The van der Waals surface area contributed by atoms with E-state index < -0.39 is 0 Å². The molecule has 0 heterocycles. The van der Waals surface area contributed by atoms with Crippen molar-refractivity contribution in [2.75, 3.05) is 0 Å². The van der Waals surface area contributed by atoms with Crippen LogP contribution in [0.3, 0.4) is 0 Å². The number of hydrogen-bond acceptors (Lipinski definition) is 0. The summed E-state index contributed by atoms with van der Waals surface area (Å²) in [7, 11) is 0. The summed E-state index contributed by atoms with van der Waals surface area (Å²) >= 11 is 0. The molecule has 0 heteroatoms. The van der Waals surface area contributed by atoms with Crippen molar-refractivity contribution in [3.05, 3.63) is 0 Å². The molecule has 2 bridgehead atoms. The molecule has 20 heavy (non-hydrogen) atoms. The van der Waals surface area contributed by atoms with Gasteiger partial charge in [-0.1, -0.05) is 68.7 Å². The van der Waals surface area contributed by atoms with E-state index in [0.29, 0.717) is 21.7 Å². The Morgan fingerprint density at radius 3 is 2.05 bits per heavy atom. The van der Waals surface area contributed by atoms with Crippen molar-refractivity contribution in [3.63, 3.8) is 0 Å². The molecule has 0 aliphatic heterocycles. The second-order valence-electron chi connectivity index (χ2n) is 10.3. The number of hydrogen-bond donors (Lipinski definition) is 0. The highest BCUT2D eigenvalue weighted by Gasteiger charge is 2.81. The first-order valence-corrected chi connectivity index (χ1v) is 8.98. The highest BCUT2D eigenvalue weighted by atomic mass is 14.9. The fraction of sp³-hybridized carbons (Fsp3) is 1.00. The van der Waals surface area contributed by atoms with Gasteiger partial charge in [0.05, 0.1) is 0 Å². The molecule has 0 radical (unpaired) electrons. The van der Waals surface area contributed by atoms with Crippen LogP contribution in [0.2, 0.25) is 0 Å². The Kier molecular flexibility index (Phi) is 2.73. The highest BCUT2D eigenvalue weighted by molar-refractivity contribution is 5.28. The summed E-state index contributed by atoms with van der Waals surface area (Å²) in [5, 5.41) is 0. The van der Waals surface area contributed by atoms with Crippen LogP contribution in [0.15, 0.2) is 0 Å². The van der Waals surface area contributed by atoms with Crippen LogP contribution < -0.4 is 0 Å². The summed E-state index contributed by atoms with van der Waals surface area (Å²) in [5.74, 6) is 4.66. The van der Waals surface area contributed by atoms with Gasteiger partial charge >= 0.3 is 0 Å². The van der Waals surface area contributed by atoms with E-state index in [-0.39, 0.29) is 0 Å². The smallest absolute Gasteiger partial charge is 0.0135 e. The zero-order chi connectivity index (χ0) is 15.3. The van der Waals surface area contributed by atoms with Gasteiger partial charge in [0.1, 0.15) is 0 Å². The van der Waals surface area contributed by atoms with E-state index >= 15 is 0 Å². The molecule has 0 aromatic carbocycles. The van der Waals surface area contributed by atoms with Crippen molar-refractivity contribution in [2.24, 2.45) is 51.2 Å². The van der Waals surface area contributed by atoms with Crippen molar-refractivity contribution in [2.45, 2.75) is 75.2 Å². The second kappa shape index (κ2) is 3.66. The minimum absolute atomic E-state index is 0.397. The van der Waals surface area contributed by atoms with E-state index in [1.54, 1.807) is 0 Å². The second-order valence-corrected chi connectivity index (χ2v) is 10.3. The molecule has 0 spiro atoms. The van der Waals surface area contributed by atoms with Crippen LogP contribution in [0.5, 0.6) is 0 Å². The Labute approximate surface area is 127 Å². The van der Waals surface area contributed by atoms with E-state index in [1.807, 2.05) is 0 Å². The standard InChI is InChI=1S/C20H36/c1-10-14-12(2)20(17(4,5)6)13(3)19(9)11-15(14)16(19)18(20,7)8/h12-16H,10-11H2,1-9H3. The average Bonchev–Trinajstić information content (AvgIpc) is 2.31. The van der Waals surface area contributed by atoms with Gasteiger partial charge in [-0.05, 0) is 57.7 Å². The molecule has 116 valence electrons. The molecule has 7 atom stereocenters. The molecule has 3 aliphatic rings. The van der Waals surface area contributed by atoms with E-state index in [4.69, 9.17) is 0 Å². The van der Waals surface area contributed by atoms with Gasteiger partial charge in [-0.15, -0.1) is 0 Å². The molecule has 0 aromatic rings. The van der Waals surface area contributed by atoms with Gasteiger partial charge in [0.15, 0.2) is 0 Å². The summed E-state index contributed by atoms with van der Waals surface area (Å²) < 4.78 is 0. The fourth-order valence-corrected chi connectivity index (χ4v) is 9.27. The summed E-state index contributed by atoms with van der Waals surface area (Å²) in [6.07, 6.45) is 2.89. The van der Waals surface area contributed by atoms with Gasteiger partial charge in [-0.2, -0.15) is 0 Å². The van der Waals surface area contributed by atoms with Crippen molar-refractivity contribution in [1.82, 2.24) is 0 Å². The minimum atomic E-state index is 0.397. The predicted octanol–water partition coefficient (Wildman–Crippen LogP) is 6.01. The van der Waals surface area contributed by atoms with Crippen molar-refractivity contribution < 1.29 is 0 Å². The van der Waals surface area contributed by atoms with Gasteiger partial charge in [0.2, 0.25) is 0 Å². The molecule has 3 saturated carbocycles. The molecular weight excluding hydrogens is 240 g/mol. The Balaban J connectivity index is 2.27. The lowest BCUT2D eigenvalue weighted by Gasteiger charge is -2.66. The Bertz CT molecular complexity index is 426. The Hall–Kier alpha value is 0. The zero-order valence-corrected chi connectivity index (χ0v) is 15.3. The van der Waals surface area contributed by atoms with Crippen LogP contribution in [0.25, 0.3) is 0 Å². The first-order valence-electron chi connectivity index (χ1n) is 8.98. The molecular formula is C20H36. The third-order valence-electron chi connectivity index (χ3n) is 8.95. The topological polar surface area (TPSA) is 0 Å². The lowest BCUT2D eigenvalue weighted by Crippen LogP contribution is -2.61. The zero-order valence-electron chi connectivity index (χ0n) is 15.3. The summed E-state index contributed by atoms with van der Waals surface area (Å²) in [6, 6.07) is 0. The van der Waals surface area contributed by atoms with Gasteiger partial charge < -0.3 is 0 Å². The maximum absolute atomic E-state index is 2.62. The van der Waals surface area contributed by atoms with Crippen LogP contribution >= 0.6 is 0 Å². The van der Waals surface area contributed by atoms with Gasteiger partial charge in [-0.25, -0.2) is 0 Å². The molecule has 7 unspecified atom stereocenters. The van der Waals surface area contributed by atoms with E-state index in [9.17, 15) is 0 Å². The third-order valence-corrected chi connectivity index (χ3v) is 8.95. The molecule has 0 N–H and O–H groups in total. The first kappa shape index (κ1) is 14.9.